The fraction of sp³-hybridized carbons (Fsp3) is 0.278. The maximum absolute atomic E-state index is 12.0. The van der Waals surface area contributed by atoms with Crippen LogP contribution in [0.5, 0.6) is 0 Å². The number of pyridine rings is 1. The van der Waals surface area contributed by atoms with Crippen LogP contribution in [-0.4, -0.2) is 22.5 Å². The van der Waals surface area contributed by atoms with Crippen molar-refractivity contribution < 1.29 is 9.59 Å². The number of carbonyl (C=O) groups excluding carboxylic acids is 2. The monoisotopic (exact) mass is 411 g/mol. The molecule has 1 aliphatic rings. The molecule has 1 aromatic carbocycles. The van der Waals surface area contributed by atoms with Crippen molar-refractivity contribution in [3.8, 4) is 0 Å². The van der Waals surface area contributed by atoms with Crippen molar-refractivity contribution in [2.75, 3.05) is 5.32 Å². The maximum atomic E-state index is 12.0. The van der Waals surface area contributed by atoms with Gasteiger partial charge in [0.2, 0.25) is 5.91 Å². The zero-order valence-electron chi connectivity index (χ0n) is 14.6. The summed E-state index contributed by atoms with van der Waals surface area (Å²) in [7, 11) is 0. The lowest BCUT2D eigenvalue weighted by molar-refractivity contribution is -0.123. The van der Waals surface area contributed by atoms with E-state index in [0.717, 1.165) is 24.0 Å². The number of benzene rings is 1. The first kappa shape index (κ1) is 22.7. The molecule has 1 heterocycles. The van der Waals surface area contributed by atoms with Crippen LogP contribution in [0.3, 0.4) is 0 Å². The highest BCUT2D eigenvalue weighted by Gasteiger charge is 2.45. The normalized spacial score (nSPS) is 13.4. The van der Waals surface area contributed by atoms with Crippen LogP contribution in [0, 0.1) is 0 Å². The van der Waals surface area contributed by atoms with Crippen molar-refractivity contribution in [2.24, 2.45) is 5.73 Å². The Morgan fingerprint density at radius 3 is 2.33 bits per heavy atom. The quantitative estimate of drug-likeness (QED) is 0.584. The van der Waals surface area contributed by atoms with Crippen LogP contribution in [0.15, 0.2) is 48.8 Å². The number of rotatable bonds is 6. The number of nitrogens with zero attached hydrogens (tertiary/aromatic N) is 1. The minimum absolute atomic E-state index is 0. The first-order valence-corrected chi connectivity index (χ1v) is 8.15. The van der Waals surface area contributed by atoms with E-state index in [4.69, 9.17) is 5.73 Å². The van der Waals surface area contributed by atoms with E-state index in [1.165, 1.54) is 0 Å². The lowest BCUT2D eigenvalue weighted by Gasteiger charge is -2.12. The van der Waals surface area contributed by atoms with Crippen molar-refractivity contribution >= 4 is 42.4 Å². The Morgan fingerprint density at radius 1 is 1.00 bits per heavy atom. The molecule has 1 aliphatic carbocycles. The standard InChI is InChI=1S/C18H21N5O2.2ClH/c19-18(6-7-18)16(24)21-12-14-2-1-3-15(10-14)23-17(25)22-11-13-4-8-20-9-5-13;;/h1-5,8-10H,6-7,11-12,19H2,(H,21,24)(H2,22,23,25);2*1H. The predicted molar refractivity (Wildman–Crippen MR) is 109 cm³/mol. The molecular formula is C18H23Cl2N5O2. The molecule has 0 radical (unpaired) electrons. The molecule has 0 aliphatic heterocycles. The third-order valence-corrected chi connectivity index (χ3v) is 4.08. The molecule has 146 valence electrons. The Labute approximate surface area is 170 Å². The smallest absolute Gasteiger partial charge is 0.319 e. The summed E-state index contributed by atoms with van der Waals surface area (Å²) in [6, 6.07) is 10.7. The van der Waals surface area contributed by atoms with Gasteiger partial charge in [-0.2, -0.15) is 0 Å². The van der Waals surface area contributed by atoms with E-state index in [-0.39, 0.29) is 36.8 Å². The van der Waals surface area contributed by atoms with E-state index in [2.05, 4.69) is 20.9 Å². The number of amides is 3. The summed E-state index contributed by atoms with van der Waals surface area (Å²) in [6.07, 6.45) is 4.83. The molecule has 0 saturated heterocycles. The predicted octanol–water partition coefficient (Wildman–Crippen LogP) is 2.35. The van der Waals surface area contributed by atoms with Gasteiger partial charge in [-0.05, 0) is 48.2 Å². The molecule has 0 spiro atoms. The average molecular weight is 412 g/mol. The molecule has 2 aromatic rings. The molecule has 1 saturated carbocycles. The Bertz CT molecular complexity index is 769. The van der Waals surface area contributed by atoms with Crippen LogP contribution in [0.1, 0.15) is 24.0 Å². The van der Waals surface area contributed by atoms with Crippen molar-refractivity contribution in [2.45, 2.75) is 31.5 Å². The van der Waals surface area contributed by atoms with Gasteiger partial charge in [0.15, 0.2) is 0 Å². The third kappa shape index (κ3) is 6.71. The van der Waals surface area contributed by atoms with Crippen LogP contribution < -0.4 is 21.7 Å². The second-order valence-corrected chi connectivity index (χ2v) is 6.20. The zero-order valence-corrected chi connectivity index (χ0v) is 16.2. The first-order valence-electron chi connectivity index (χ1n) is 8.15. The molecule has 0 atom stereocenters. The van der Waals surface area contributed by atoms with Crippen LogP contribution in [0.25, 0.3) is 0 Å². The number of nitrogens with two attached hydrogens (primary N) is 1. The fourth-order valence-electron chi connectivity index (χ4n) is 2.34. The van der Waals surface area contributed by atoms with E-state index >= 15 is 0 Å². The Balaban J connectivity index is 0.00000182. The van der Waals surface area contributed by atoms with Gasteiger partial charge in [-0.25, -0.2) is 4.79 Å². The molecular weight excluding hydrogens is 389 g/mol. The lowest BCUT2D eigenvalue weighted by Crippen LogP contribution is -2.42. The molecule has 9 heteroatoms. The number of halogens is 2. The molecule has 3 rings (SSSR count). The van der Waals surface area contributed by atoms with Gasteiger partial charge in [0, 0.05) is 31.2 Å². The average Bonchev–Trinajstić information content (AvgIpc) is 3.38. The Hall–Kier alpha value is -2.35. The molecule has 0 bridgehead atoms. The van der Waals surface area contributed by atoms with Gasteiger partial charge >= 0.3 is 6.03 Å². The molecule has 7 nitrogen and oxygen atoms in total. The first-order chi connectivity index (χ1) is 12.0. The van der Waals surface area contributed by atoms with Gasteiger partial charge in [-0.15, -0.1) is 24.8 Å². The summed E-state index contributed by atoms with van der Waals surface area (Å²) in [5.74, 6) is -0.124. The van der Waals surface area contributed by atoms with E-state index < -0.39 is 5.54 Å². The second kappa shape index (κ2) is 10.1. The van der Waals surface area contributed by atoms with Gasteiger partial charge < -0.3 is 21.7 Å². The lowest BCUT2D eigenvalue weighted by atomic mass is 10.2. The SMILES string of the molecule is Cl.Cl.NC1(C(=O)NCc2cccc(NC(=O)NCc3ccncc3)c2)CC1. The Kier molecular flexibility index (Phi) is 8.49. The van der Waals surface area contributed by atoms with Crippen LogP contribution in [0.4, 0.5) is 10.5 Å². The Morgan fingerprint density at radius 2 is 1.67 bits per heavy atom. The highest BCUT2D eigenvalue weighted by molar-refractivity contribution is 5.90. The number of carbonyl (C=O) groups is 2. The molecule has 27 heavy (non-hydrogen) atoms. The second-order valence-electron chi connectivity index (χ2n) is 6.20. The summed E-state index contributed by atoms with van der Waals surface area (Å²) in [5.41, 5.74) is 7.70. The van der Waals surface area contributed by atoms with E-state index in [0.29, 0.717) is 18.8 Å². The van der Waals surface area contributed by atoms with E-state index in [1.807, 2.05) is 30.3 Å². The van der Waals surface area contributed by atoms with E-state index in [1.54, 1.807) is 18.5 Å². The molecule has 0 unspecified atom stereocenters. The molecule has 5 N–H and O–H groups in total. The highest BCUT2D eigenvalue weighted by atomic mass is 35.5. The van der Waals surface area contributed by atoms with Crippen LogP contribution in [0.2, 0.25) is 0 Å². The van der Waals surface area contributed by atoms with E-state index in [9.17, 15) is 9.59 Å². The maximum Gasteiger partial charge on any atom is 0.319 e. The zero-order chi connectivity index (χ0) is 17.7. The van der Waals surface area contributed by atoms with Crippen molar-refractivity contribution in [3.05, 3.63) is 59.9 Å². The van der Waals surface area contributed by atoms with Crippen molar-refractivity contribution in [1.29, 1.82) is 0 Å². The van der Waals surface area contributed by atoms with Crippen LogP contribution >= 0.6 is 24.8 Å². The van der Waals surface area contributed by atoms with Gasteiger partial charge in [0.05, 0.1) is 5.54 Å². The van der Waals surface area contributed by atoms with Crippen LogP contribution in [-0.2, 0) is 17.9 Å². The summed E-state index contributed by atoms with van der Waals surface area (Å²) in [6.45, 7) is 0.800. The number of nitrogens with one attached hydrogen (secondary N) is 3. The molecule has 1 fully saturated rings. The summed E-state index contributed by atoms with van der Waals surface area (Å²) < 4.78 is 0. The third-order valence-electron chi connectivity index (χ3n) is 4.08. The number of hydrogen-bond acceptors (Lipinski definition) is 4. The number of aromatic nitrogens is 1. The van der Waals surface area contributed by atoms with Gasteiger partial charge in [0.1, 0.15) is 0 Å². The highest BCUT2D eigenvalue weighted by Crippen LogP contribution is 2.32. The van der Waals surface area contributed by atoms with Gasteiger partial charge in [0.25, 0.3) is 0 Å². The van der Waals surface area contributed by atoms with Gasteiger partial charge in [-0.3, -0.25) is 9.78 Å². The number of urea groups is 1. The summed E-state index contributed by atoms with van der Waals surface area (Å²) in [5, 5.41) is 8.39. The summed E-state index contributed by atoms with van der Waals surface area (Å²) in [4.78, 5) is 27.8. The van der Waals surface area contributed by atoms with Crippen molar-refractivity contribution in [1.82, 2.24) is 15.6 Å². The topological polar surface area (TPSA) is 109 Å². The van der Waals surface area contributed by atoms with Gasteiger partial charge in [-0.1, -0.05) is 12.1 Å². The molecule has 1 aromatic heterocycles. The fourth-order valence-corrected chi connectivity index (χ4v) is 2.34. The number of hydrogen-bond donors (Lipinski definition) is 4. The summed E-state index contributed by atoms with van der Waals surface area (Å²) >= 11 is 0. The van der Waals surface area contributed by atoms with Crippen molar-refractivity contribution in [3.63, 3.8) is 0 Å². The number of anilines is 1. The largest absolute Gasteiger partial charge is 0.350 e. The molecule has 3 amide bonds. The minimum atomic E-state index is -0.678. The minimum Gasteiger partial charge on any atom is -0.350 e.